The molecule has 434 valence electrons. The minimum absolute atomic E-state index is 0.0149. The van der Waals surface area contributed by atoms with Gasteiger partial charge < -0.3 is 18.8 Å². The second-order valence-electron chi connectivity index (χ2n) is 27.5. The van der Waals surface area contributed by atoms with Crippen LogP contribution in [0.5, 0.6) is 11.5 Å². The standard InChI is InChI=1S/C85H70BN3O/c1-82(2,3)56-36-43-74(63(48-56)54-26-14-11-15-27-54)89-77-52-60(88-72-32-20-16-28-61(72)62-29-17-21-33-73(62)88)40-42-71(77)86-70-41-39-59(87-75-44-37-57(83(4,5)6)49-64(75)65-50-58(84(7,8)9)38-45-76(65)87)51-68(70)85(66-30-18-22-34-79(66)90-80-35-23-19-31-67(80)85)69-46-55(47-78(89)81(69)86)53-24-12-10-13-25-53/h10-52H,1-9H3/i10D,12D,13D,16D,17D,20D,21D,24D,25D,28D,29D,32D,33D. The first kappa shape index (κ1) is 41.9. The molecule has 12 aromatic carbocycles. The van der Waals surface area contributed by atoms with Crippen LogP contribution in [0.1, 0.15) is 119 Å². The van der Waals surface area contributed by atoms with Crippen LogP contribution in [0.3, 0.4) is 0 Å². The van der Waals surface area contributed by atoms with E-state index in [-0.39, 0.29) is 43.6 Å². The third-order valence-corrected chi connectivity index (χ3v) is 19.2. The van der Waals surface area contributed by atoms with Gasteiger partial charge in [0.1, 0.15) is 11.5 Å². The van der Waals surface area contributed by atoms with Gasteiger partial charge in [-0.1, -0.05) is 231 Å². The Morgan fingerprint density at radius 2 is 0.889 bits per heavy atom. The molecule has 0 radical (unpaired) electrons. The Balaban J connectivity index is 1.08. The molecule has 90 heavy (non-hydrogen) atoms. The fourth-order valence-electron chi connectivity index (χ4n) is 14.9. The Kier molecular flexibility index (Phi) is 9.07. The molecule has 0 bridgehead atoms. The Morgan fingerprint density at radius 1 is 0.367 bits per heavy atom. The number of hydrogen-bond acceptors (Lipinski definition) is 2. The lowest BCUT2D eigenvalue weighted by Gasteiger charge is -2.50. The summed E-state index contributed by atoms with van der Waals surface area (Å²) < 4.78 is 133. The van der Waals surface area contributed by atoms with Crippen LogP contribution in [0.15, 0.2) is 261 Å². The minimum atomic E-state index is -1.31. The predicted octanol–water partition coefficient (Wildman–Crippen LogP) is 20.2. The molecule has 0 N–H and O–H groups in total. The summed E-state index contributed by atoms with van der Waals surface area (Å²) in [7, 11) is 0. The van der Waals surface area contributed by atoms with E-state index in [2.05, 4.69) is 169 Å². The smallest absolute Gasteiger partial charge is 0.247 e. The molecule has 5 heterocycles. The van der Waals surface area contributed by atoms with Crippen LogP contribution >= 0.6 is 0 Å². The second-order valence-corrected chi connectivity index (χ2v) is 27.5. The van der Waals surface area contributed by atoms with Gasteiger partial charge in [0.15, 0.2) is 0 Å². The number of para-hydroxylation sites is 4. The van der Waals surface area contributed by atoms with Crippen molar-refractivity contribution in [3.05, 3.63) is 299 Å². The fourth-order valence-corrected chi connectivity index (χ4v) is 14.9. The van der Waals surface area contributed by atoms with Gasteiger partial charge in [0.25, 0.3) is 0 Å². The van der Waals surface area contributed by atoms with Crippen molar-refractivity contribution in [1.82, 2.24) is 9.13 Å². The Morgan fingerprint density at radius 3 is 1.50 bits per heavy atom. The van der Waals surface area contributed by atoms with Crippen molar-refractivity contribution in [2.75, 3.05) is 4.90 Å². The molecule has 17 rings (SSSR count). The van der Waals surface area contributed by atoms with E-state index in [1.807, 2.05) is 84.9 Å². The molecule has 3 aliphatic heterocycles. The first-order valence-corrected chi connectivity index (χ1v) is 30.9. The largest absolute Gasteiger partial charge is 0.457 e. The third kappa shape index (κ3) is 7.94. The maximum atomic E-state index is 9.92. The highest BCUT2D eigenvalue weighted by Crippen LogP contribution is 2.58. The van der Waals surface area contributed by atoms with E-state index in [0.717, 1.165) is 82.8 Å². The second kappa shape index (κ2) is 19.5. The molecule has 14 aromatic rings. The number of benzene rings is 12. The highest BCUT2D eigenvalue weighted by molar-refractivity contribution is 6.99. The molecule has 2 aromatic heterocycles. The average molecular weight is 1170 g/mol. The van der Waals surface area contributed by atoms with Gasteiger partial charge in [-0.05, 0) is 169 Å². The summed E-state index contributed by atoms with van der Waals surface area (Å²) in [5.41, 5.74) is 14.3. The van der Waals surface area contributed by atoms with E-state index >= 15 is 0 Å². The first-order chi connectivity index (χ1) is 48.9. The van der Waals surface area contributed by atoms with E-state index in [1.165, 1.54) is 11.1 Å². The number of anilines is 3. The molecule has 4 nitrogen and oxygen atoms in total. The normalized spacial score (nSPS) is 16.0. The van der Waals surface area contributed by atoms with Crippen molar-refractivity contribution in [1.29, 1.82) is 0 Å². The third-order valence-electron chi connectivity index (χ3n) is 19.2. The summed E-state index contributed by atoms with van der Waals surface area (Å²) in [6, 6.07) is 56.7. The van der Waals surface area contributed by atoms with Gasteiger partial charge in [-0.2, -0.15) is 0 Å². The van der Waals surface area contributed by atoms with Crippen LogP contribution in [0, 0.1) is 0 Å². The van der Waals surface area contributed by atoms with Crippen LogP contribution < -0.4 is 26.0 Å². The van der Waals surface area contributed by atoms with Crippen LogP contribution in [0.4, 0.5) is 17.1 Å². The van der Waals surface area contributed by atoms with E-state index in [9.17, 15) is 11.0 Å². The van der Waals surface area contributed by atoms with Gasteiger partial charge in [0.2, 0.25) is 6.71 Å². The van der Waals surface area contributed by atoms with Gasteiger partial charge in [0, 0.05) is 61.0 Å². The minimum Gasteiger partial charge on any atom is -0.457 e. The Labute approximate surface area is 546 Å². The van der Waals surface area contributed by atoms with E-state index in [4.69, 9.17) is 11.6 Å². The van der Waals surface area contributed by atoms with Crippen molar-refractivity contribution < 1.29 is 22.6 Å². The highest BCUT2D eigenvalue weighted by atomic mass is 16.5. The zero-order valence-corrected chi connectivity index (χ0v) is 51.6. The Bertz CT molecular complexity index is 5890. The van der Waals surface area contributed by atoms with Crippen molar-refractivity contribution >= 4 is 83.8 Å². The topological polar surface area (TPSA) is 22.3 Å². The van der Waals surface area contributed by atoms with E-state index in [0.29, 0.717) is 39.8 Å². The van der Waals surface area contributed by atoms with Crippen LogP contribution in [-0.2, 0) is 21.7 Å². The van der Waals surface area contributed by atoms with Gasteiger partial charge >= 0.3 is 0 Å². The SMILES string of the molecule is [2H]c1c([2H])c([2H])c(-c2cc3c4c(c2)C2(c5ccccc5Oc5ccccc52)c2cc(-n5c6ccc(C(C)(C)C)cc6c6cc(C(C)(C)C)ccc65)ccc2B4c2ccc(-n4c5c([2H])c([2H])c([2H])c([2H])c5c5c([2H])c([2H])c([2H])c([2H])c54)cc2N3c2ccc(C(C)(C)C)cc2-c2ccccc2)c([2H])c1[2H]. The number of rotatable bonds is 5. The van der Waals surface area contributed by atoms with Crippen LogP contribution in [0.25, 0.3) is 77.2 Å². The van der Waals surface area contributed by atoms with Crippen LogP contribution in [-0.4, -0.2) is 15.8 Å². The zero-order chi connectivity index (χ0) is 72.5. The molecule has 0 saturated carbocycles. The molecule has 1 spiro atoms. The molecule has 0 atom stereocenters. The number of hydrogen-bond donors (Lipinski definition) is 0. The summed E-state index contributed by atoms with van der Waals surface area (Å²) in [5, 5.41) is 2.10. The summed E-state index contributed by atoms with van der Waals surface area (Å²) >= 11 is 0. The van der Waals surface area contributed by atoms with Gasteiger partial charge in [-0.15, -0.1) is 0 Å². The lowest BCUT2D eigenvalue weighted by atomic mass is 9.29. The summed E-state index contributed by atoms with van der Waals surface area (Å²) in [5.74, 6) is 1.20. The maximum absolute atomic E-state index is 9.92. The quantitative estimate of drug-likeness (QED) is 0.160. The number of nitrogens with zero attached hydrogens (tertiary/aromatic N) is 3. The van der Waals surface area contributed by atoms with Gasteiger partial charge in [0.05, 0.1) is 51.0 Å². The molecule has 3 aliphatic rings. The highest BCUT2D eigenvalue weighted by Gasteiger charge is 2.55. The molecule has 0 fully saturated rings. The van der Waals surface area contributed by atoms with Gasteiger partial charge in [-0.3, -0.25) is 0 Å². The number of fused-ring (bicyclic) bond motifs is 16. The Hall–Kier alpha value is -10.1. The van der Waals surface area contributed by atoms with E-state index < -0.39 is 90.7 Å². The lowest BCUT2D eigenvalue weighted by Crippen LogP contribution is -2.65. The van der Waals surface area contributed by atoms with Crippen molar-refractivity contribution in [2.45, 2.75) is 84.0 Å². The van der Waals surface area contributed by atoms with E-state index in [1.54, 1.807) is 4.57 Å². The van der Waals surface area contributed by atoms with Crippen molar-refractivity contribution in [2.24, 2.45) is 0 Å². The fraction of sp³-hybridized carbons (Fsp3) is 0.153. The van der Waals surface area contributed by atoms with Crippen molar-refractivity contribution in [3.8, 4) is 45.1 Å². The first-order valence-electron chi connectivity index (χ1n) is 37.4. The van der Waals surface area contributed by atoms with Gasteiger partial charge in [-0.25, -0.2) is 0 Å². The summed E-state index contributed by atoms with van der Waals surface area (Å²) in [4.78, 5) is 2.18. The maximum Gasteiger partial charge on any atom is 0.247 e. The molecular weight excluding hydrogens is 1090 g/mol. The summed E-state index contributed by atoms with van der Waals surface area (Å²) in [6.45, 7) is 19.2. The monoisotopic (exact) mass is 1170 g/mol. The molecule has 0 amide bonds. The molecular formula is C85H70BN3O. The molecule has 0 aliphatic carbocycles. The number of aromatic nitrogens is 2. The van der Waals surface area contributed by atoms with Crippen molar-refractivity contribution in [3.63, 3.8) is 0 Å². The zero-order valence-electron chi connectivity index (χ0n) is 64.6. The predicted molar refractivity (Wildman–Crippen MR) is 380 cm³/mol. The summed E-state index contributed by atoms with van der Waals surface area (Å²) in [6.07, 6.45) is 0. The number of ether oxygens (including phenoxy) is 1. The average Bonchev–Trinajstić information content (AvgIpc) is 0.993. The molecule has 0 unspecified atom stereocenters. The molecule has 0 saturated heterocycles. The molecule has 5 heteroatoms. The lowest BCUT2D eigenvalue weighted by molar-refractivity contribution is 0.435. The van der Waals surface area contributed by atoms with Crippen LogP contribution in [0.2, 0.25) is 0 Å².